The van der Waals surface area contributed by atoms with Crippen LogP contribution in [0.15, 0.2) is 9.85 Å². The Bertz CT molecular complexity index is 409. The van der Waals surface area contributed by atoms with Crippen LogP contribution in [-0.4, -0.2) is 40.6 Å². The number of urea groups is 1. The lowest BCUT2D eigenvalue weighted by Gasteiger charge is -2.08. The normalized spacial score (nSPS) is 11.1. The Balaban J connectivity index is 2.21. The largest absolute Gasteiger partial charge is 0.405 e. The van der Waals surface area contributed by atoms with Gasteiger partial charge in [0.15, 0.2) is 4.34 Å². The number of aromatic nitrogens is 2. The number of hydrogen-bond donors (Lipinski definition) is 2. The van der Waals surface area contributed by atoms with Crippen LogP contribution >= 0.6 is 23.1 Å². The van der Waals surface area contributed by atoms with Gasteiger partial charge in [-0.05, 0) is 0 Å². The van der Waals surface area contributed by atoms with Crippen molar-refractivity contribution in [2.24, 2.45) is 0 Å². The van der Waals surface area contributed by atoms with Gasteiger partial charge in [0.1, 0.15) is 12.1 Å². The van der Waals surface area contributed by atoms with Crippen molar-refractivity contribution in [3.05, 3.63) is 5.51 Å². The van der Waals surface area contributed by atoms with Crippen LogP contribution in [0.1, 0.15) is 0 Å². The Kier molecular flexibility index (Phi) is 5.34. The van der Waals surface area contributed by atoms with Crippen molar-refractivity contribution in [1.82, 2.24) is 20.8 Å². The molecule has 0 atom stereocenters. The molecule has 11 heteroatoms. The highest BCUT2D eigenvalue weighted by Gasteiger charge is 2.27. The molecule has 0 aliphatic heterocycles. The molecule has 2 N–H and O–H groups in total. The lowest BCUT2D eigenvalue weighted by molar-refractivity contribution is -0.124. The molecule has 1 aromatic heterocycles. The van der Waals surface area contributed by atoms with Crippen molar-refractivity contribution in [3.8, 4) is 0 Å². The molecular weight excluding hydrogens is 293 g/mol. The quantitative estimate of drug-likeness (QED) is 0.811. The van der Waals surface area contributed by atoms with E-state index in [1.54, 1.807) is 5.32 Å². The fraction of sp³-hybridized carbons (Fsp3) is 0.429. The van der Waals surface area contributed by atoms with Crippen LogP contribution < -0.4 is 10.6 Å². The van der Waals surface area contributed by atoms with E-state index in [9.17, 15) is 22.8 Å². The van der Waals surface area contributed by atoms with Gasteiger partial charge in [0, 0.05) is 0 Å². The number of nitrogens with one attached hydrogen (secondary N) is 2. The van der Waals surface area contributed by atoms with Gasteiger partial charge in [-0.15, -0.1) is 10.2 Å². The summed E-state index contributed by atoms with van der Waals surface area (Å²) in [6, 6.07) is -1.19. The van der Waals surface area contributed by atoms with Crippen molar-refractivity contribution >= 4 is 35.0 Å². The third kappa shape index (κ3) is 6.39. The molecule has 0 saturated carbocycles. The van der Waals surface area contributed by atoms with Gasteiger partial charge < -0.3 is 5.32 Å². The van der Waals surface area contributed by atoms with E-state index in [2.05, 4.69) is 10.2 Å². The zero-order valence-electron chi connectivity index (χ0n) is 8.65. The number of rotatable bonds is 4. The molecule has 18 heavy (non-hydrogen) atoms. The minimum Gasteiger partial charge on any atom is -0.329 e. The molecule has 1 heterocycles. The Morgan fingerprint density at radius 1 is 1.44 bits per heavy atom. The van der Waals surface area contributed by atoms with E-state index >= 15 is 0 Å². The molecule has 3 amide bonds. The Morgan fingerprint density at radius 3 is 2.72 bits per heavy atom. The number of thioether (sulfide) groups is 1. The number of hydrogen-bond acceptors (Lipinski definition) is 6. The van der Waals surface area contributed by atoms with Gasteiger partial charge in [-0.25, -0.2) is 4.79 Å². The zero-order valence-corrected chi connectivity index (χ0v) is 10.3. The fourth-order valence-electron chi connectivity index (χ4n) is 0.741. The van der Waals surface area contributed by atoms with Crippen molar-refractivity contribution in [1.29, 1.82) is 0 Å². The van der Waals surface area contributed by atoms with Gasteiger partial charge in [-0.2, -0.15) is 13.2 Å². The number of nitrogens with zero attached hydrogens (tertiary/aromatic N) is 2. The summed E-state index contributed by atoms with van der Waals surface area (Å²) in [6.45, 7) is -1.49. The first-order valence-corrected chi connectivity index (χ1v) is 6.27. The molecule has 1 rings (SSSR count). The first kappa shape index (κ1) is 14.7. The van der Waals surface area contributed by atoms with Crippen LogP contribution in [0.5, 0.6) is 0 Å². The summed E-state index contributed by atoms with van der Waals surface area (Å²) in [5.74, 6) is -0.843. The van der Waals surface area contributed by atoms with E-state index in [-0.39, 0.29) is 5.75 Å². The van der Waals surface area contributed by atoms with Crippen molar-refractivity contribution in [3.63, 3.8) is 0 Å². The van der Waals surface area contributed by atoms with Crippen LogP contribution in [0.2, 0.25) is 0 Å². The molecule has 0 saturated heterocycles. The van der Waals surface area contributed by atoms with Crippen molar-refractivity contribution in [2.75, 3.05) is 12.3 Å². The summed E-state index contributed by atoms with van der Waals surface area (Å²) in [5.41, 5.74) is 1.47. The molecule has 100 valence electrons. The second kappa shape index (κ2) is 6.54. The Hall–Kier alpha value is -1.36. The van der Waals surface area contributed by atoms with Crippen LogP contribution in [-0.2, 0) is 4.79 Å². The van der Waals surface area contributed by atoms with E-state index in [4.69, 9.17) is 0 Å². The summed E-state index contributed by atoms with van der Waals surface area (Å²) in [6.07, 6.45) is -4.51. The molecule has 0 aliphatic rings. The summed E-state index contributed by atoms with van der Waals surface area (Å²) in [5, 5.41) is 10.4. The number of alkyl halides is 3. The number of imide groups is 1. The number of carbonyl (C=O) groups excluding carboxylic acids is 2. The second-order valence-corrected chi connectivity index (χ2v) is 4.90. The van der Waals surface area contributed by atoms with Crippen LogP contribution in [0.4, 0.5) is 18.0 Å². The summed E-state index contributed by atoms with van der Waals surface area (Å²) in [7, 11) is 0. The molecule has 1 aromatic rings. The van der Waals surface area contributed by atoms with E-state index in [1.807, 2.05) is 0 Å². The number of halogens is 3. The molecule has 6 nitrogen and oxygen atoms in total. The molecule has 0 bridgehead atoms. The van der Waals surface area contributed by atoms with Crippen molar-refractivity contribution in [2.45, 2.75) is 10.5 Å². The summed E-state index contributed by atoms with van der Waals surface area (Å²) in [4.78, 5) is 22.0. The van der Waals surface area contributed by atoms with E-state index in [1.165, 1.54) is 22.2 Å². The predicted molar refractivity (Wildman–Crippen MR) is 58.2 cm³/mol. The standard InChI is InChI=1S/C7H7F3N4O2S2/c8-7(9,10)2-11-5(16)13-4(15)1-17-6-14-12-3-18-6/h3H,1-2H2,(H2,11,13,15,16). The Labute approximate surface area is 107 Å². The molecule has 0 unspecified atom stereocenters. The molecule has 0 fully saturated rings. The van der Waals surface area contributed by atoms with E-state index in [0.717, 1.165) is 11.8 Å². The van der Waals surface area contributed by atoms with Crippen LogP contribution in [0, 0.1) is 0 Å². The maximum absolute atomic E-state index is 11.7. The lowest BCUT2D eigenvalue weighted by Crippen LogP contribution is -2.43. The first-order valence-electron chi connectivity index (χ1n) is 4.40. The summed E-state index contributed by atoms with van der Waals surface area (Å²) >= 11 is 2.24. The third-order valence-corrected chi connectivity index (χ3v) is 3.23. The topological polar surface area (TPSA) is 84.0 Å². The van der Waals surface area contributed by atoms with E-state index < -0.39 is 24.7 Å². The average Bonchev–Trinajstić information content (AvgIpc) is 2.75. The van der Waals surface area contributed by atoms with Gasteiger partial charge >= 0.3 is 12.2 Å². The van der Waals surface area contributed by atoms with Crippen LogP contribution in [0.25, 0.3) is 0 Å². The predicted octanol–water partition coefficient (Wildman–Crippen LogP) is 1.02. The highest BCUT2D eigenvalue weighted by molar-refractivity contribution is 8.01. The highest BCUT2D eigenvalue weighted by atomic mass is 32.2. The second-order valence-electron chi connectivity index (χ2n) is 2.84. The molecule has 0 spiro atoms. The minimum absolute atomic E-state index is 0.130. The molecular formula is C7H7F3N4O2S2. The maximum Gasteiger partial charge on any atom is 0.405 e. The minimum atomic E-state index is -4.51. The lowest BCUT2D eigenvalue weighted by atomic mass is 10.6. The average molecular weight is 300 g/mol. The molecule has 0 radical (unpaired) electrons. The number of amides is 3. The van der Waals surface area contributed by atoms with Gasteiger partial charge in [-0.3, -0.25) is 10.1 Å². The Morgan fingerprint density at radius 2 is 2.17 bits per heavy atom. The van der Waals surface area contributed by atoms with Crippen LogP contribution in [0.3, 0.4) is 0 Å². The fourth-order valence-corrected chi connectivity index (χ4v) is 2.03. The number of carbonyl (C=O) groups is 2. The third-order valence-electron chi connectivity index (χ3n) is 1.37. The monoisotopic (exact) mass is 300 g/mol. The van der Waals surface area contributed by atoms with Gasteiger partial charge in [0.2, 0.25) is 5.91 Å². The van der Waals surface area contributed by atoms with E-state index in [0.29, 0.717) is 4.34 Å². The molecule has 0 aliphatic carbocycles. The smallest absolute Gasteiger partial charge is 0.329 e. The maximum atomic E-state index is 11.7. The van der Waals surface area contributed by atoms with Gasteiger partial charge in [0.25, 0.3) is 0 Å². The SMILES string of the molecule is O=C(CSc1nncs1)NC(=O)NCC(F)(F)F. The van der Waals surface area contributed by atoms with Gasteiger partial charge in [-0.1, -0.05) is 23.1 Å². The van der Waals surface area contributed by atoms with Crippen molar-refractivity contribution < 1.29 is 22.8 Å². The van der Waals surface area contributed by atoms with Gasteiger partial charge in [0.05, 0.1) is 5.75 Å². The summed E-state index contributed by atoms with van der Waals surface area (Å²) < 4.78 is 35.8. The molecule has 0 aromatic carbocycles. The first-order chi connectivity index (χ1) is 8.37. The zero-order chi connectivity index (χ0) is 13.6. The highest BCUT2D eigenvalue weighted by Crippen LogP contribution is 2.18.